The number of aromatic nitrogens is 4. The number of para-hydroxylation sites is 2. The van der Waals surface area contributed by atoms with E-state index in [0.29, 0.717) is 0 Å². The zero-order valence-corrected chi connectivity index (χ0v) is 24.6. The quantitative estimate of drug-likeness (QED) is 0.189. The third kappa shape index (κ3) is 3.07. The van der Waals surface area contributed by atoms with Crippen molar-refractivity contribution in [1.82, 2.24) is 18.8 Å². The maximum absolute atomic E-state index is 5.22. The Balaban J connectivity index is 1.23. The molecule has 4 nitrogen and oxygen atoms in total. The summed E-state index contributed by atoms with van der Waals surface area (Å²) in [6.07, 6.45) is 0. The maximum Gasteiger partial charge on any atom is 0.147 e. The molecule has 0 aliphatic heterocycles. The molecule has 11 aromatic rings. The number of hydrogen-bond donors (Lipinski definition) is 0. The lowest BCUT2D eigenvalue weighted by Gasteiger charge is -2.13. The molecular weight excluding hydrogens is 560 g/mol. The van der Waals surface area contributed by atoms with Crippen molar-refractivity contribution in [1.29, 1.82) is 0 Å². The molecule has 5 heterocycles. The van der Waals surface area contributed by atoms with Crippen LogP contribution in [0.1, 0.15) is 0 Å². The van der Waals surface area contributed by atoms with Gasteiger partial charge in [0.25, 0.3) is 0 Å². The highest BCUT2D eigenvalue weighted by Crippen LogP contribution is 2.41. The molecule has 0 bridgehead atoms. The van der Waals surface area contributed by atoms with Crippen LogP contribution < -0.4 is 0 Å². The minimum absolute atomic E-state index is 0.976. The normalized spacial score (nSPS) is 12.3. The molecule has 0 N–H and O–H groups in total. The van der Waals surface area contributed by atoms with Crippen molar-refractivity contribution < 1.29 is 0 Å². The zero-order chi connectivity index (χ0) is 29.9. The van der Waals surface area contributed by atoms with Gasteiger partial charge in [-0.3, -0.25) is 8.80 Å². The number of hydrogen-bond acceptors (Lipinski definition) is 2. The van der Waals surface area contributed by atoms with E-state index in [9.17, 15) is 0 Å². The third-order valence-corrected chi connectivity index (χ3v) is 9.82. The summed E-state index contributed by atoms with van der Waals surface area (Å²) in [5, 5.41) is 8.55. The van der Waals surface area contributed by atoms with E-state index in [2.05, 4.69) is 154 Å². The van der Waals surface area contributed by atoms with Crippen LogP contribution in [-0.4, -0.2) is 18.8 Å². The smallest absolute Gasteiger partial charge is 0.147 e. The summed E-state index contributed by atoms with van der Waals surface area (Å²) in [6.45, 7) is 0. The Morgan fingerprint density at radius 3 is 2.07 bits per heavy atom. The molecule has 5 aromatic heterocycles. The van der Waals surface area contributed by atoms with Crippen molar-refractivity contribution in [3.05, 3.63) is 146 Å². The van der Waals surface area contributed by atoms with E-state index in [1.54, 1.807) is 0 Å². The van der Waals surface area contributed by atoms with Crippen molar-refractivity contribution in [3.8, 4) is 22.4 Å². The molecule has 212 valence electrons. The molecule has 0 aliphatic carbocycles. The molecule has 0 fully saturated rings. The zero-order valence-electron chi connectivity index (χ0n) is 24.6. The Morgan fingerprint density at radius 1 is 0.413 bits per heavy atom. The SMILES string of the molecule is c1ccc(-c2nc3cccc4c5ccc(-c6ccc7c8ccc9ccccc9c8c8nc9ccccc9n8c7c6)cc5c2n34)cc1. The van der Waals surface area contributed by atoms with Gasteiger partial charge in [-0.15, -0.1) is 0 Å². The van der Waals surface area contributed by atoms with E-state index in [4.69, 9.17) is 9.97 Å². The minimum Gasteiger partial charge on any atom is -0.292 e. The first-order valence-corrected chi connectivity index (χ1v) is 15.7. The summed E-state index contributed by atoms with van der Waals surface area (Å²) in [5.41, 5.74) is 12.1. The molecule has 0 amide bonds. The van der Waals surface area contributed by atoms with Gasteiger partial charge in [0.15, 0.2) is 0 Å². The Morgan fingerprint density at radius 2 is 1.15 bits per heavy atom. The highest BCUT2D eigenvalue weighted by Gasteiger charge is 2.20. The van der Waals surface area contributed by atoms with Gasteiger partial charge in [0.2, 0.25) is 0 Å². The summed E-state index contributed by atoms with van der Waals surface area (Å²) in [4.78, 5) is 10.3. The van der Waals surface area contributed by atoms with E-state index in [-0.39, 0.29) is 0 Å². The molecule has 0 radical (unpaired) electrons. The molecule has 11 rings (SSSR count). The van der Waals surface area contributed by atoms with Crippen LogP contribution in [0.5, 0.6) is 0 Å². The Kier molecular flexibility index (Phi) is 4.55. The van der Waals surface area contributed by atoms with E-state index < -0.39 is 0 Å². The standard InChI is InChI=1S/C42H24N4/c1-2-10-26(11-3-1)40-41-33-23-27(18-21-31(33)35-15-8-16-38(44-40)46(35)41)28-19-20-30-32-22-17-25-9-4-5-12-29(25)39(32)42-43-34-13-6-7-14-36(34)45(42)37(30)24-28/h1-24H. The van der Waals surface area contributed by atoms with Crippen LogP contribution in [0.3, 0.4) is 0 Å². The van der Waals surface area contributed by atoms with Crippen LogP contribution in [-0.2, 0) is 0 Å². The minimum atomic E-state index is 0.976. The first kappa shape index (κ1) is 24.1. The van der Waals surface area contributed by atoms with Crippen LogP contribution in [0.2, 0.25) is 0 Å². The van der Waals surface area contributed by atoms with Gasteiger partial charge in [-0.2, -0.15) is 0 Å². The monoisotopic (exact) mass is 584 g/mol. The van der Waals surface area contributed by atoms with Gasteiger partial charge in [-0.05, 0) is 63.7 Å². The van der Waals surface area contributed by atoms with Gasteiger partial charge >= 0.3 is 0 Å². The summed E-state index contributed by atoms with van der Waals surface area (Å²) in [5.74, 6) is 0. The van der Waals surface area contributed by atoms with Crippen molar-refractivity contribution >= 4 is 76.6 Å². The number of pyridine rings is 2. The Labute approximate surface area is 262 Å². The van der Waals surface area contributed by atoms with E-state index in [0.717, 1.165) is 44.6 Å². The lowest BCUT2D eigenvalue weighted by molar-refractivity contribution is 1.31. The molecule has 0 unspecified atom stereocenters. The van der Waals surface area contributed by atoms with Crippen LogP contribution in [0.15, 0.2) is 146 Å². The Hall–Kier alpha value is -6.26. The number of nitrogens with zero attached hydrogens (tertiary/aromatic N) is 4. The molecule has 0 atom stereocenters. The van der Waals surface area contributed by atoms with E-state index >= 15 is 0 Å². The van der Waals surface area contributed by atoms with Gasteiger partial charge < -0.3 is 0 Å². The summed E-state index contributed by atoms with van der Waals surface area (Å²) in [6, 6.07) is 52.3. The van der Waals surface area contributed by atoms with Gasteiger partial charge in [0.05, 0.1) is 33.3 Å². The number of fused-ring (bicyclic) bond motifs is 13. The molecule has 6 aromatic carbocycles. The van der Waals surface area contributed by atoms with Crippen LogP contribution in [0.25, 0.3) is 99.0 Å². The molecule has 0 spiro atoms. The van der Waals surface area contributed by atoms with E-state index in [1.165, 1.54) is 54.3 Å². The predicted octanol–water partition coefficient (Wildman–Crippen LogP) is 10.7. The molecule has 0 saturated carbocycles. The lowest BCUT2D eigenvalue weighted by Crippen LogP contribution is -1.93. The first-order valence-electron chi connectivity index (χ1n) is 15.7. The van der Waals surface area contributed by atoms with Gasteiger partial charge in [0, 0.05) is 27.1 Å². The fraction of sp³-hybridized carbons (Fsp3) is 0. The topological polar surface area (TPSA) is 34.6 Å². The average Bonchev–Trinajstić information content (AvgIpc) is 3.81. The van der Waals surface area contributed by atoms with Gasteiger partial charge in [-0.25, -0.2) is 9.97 Å². The maximum atomic E-state index is 5.22. The lowest BCUT2D eigenvalue weighted by atomic mass is 9.96. The van der Waals surface area contributed by atoms with Crippen molar-refractivity contribution in [2.24, 2.45) is 0 Å². The number of benzene rings is 6. The van der Waals surface area contributed by atoms with Crippen molar-refractivity contribution in [3.63, 3.8) is 0 Å². The highest BCUT2D eigenvalue weighted by molar-refractivity contribution is 6.23. The van der Waals surface area contributed by atoms with E-state index in [1.807, 2.05) is 0 Å². The number of rotatable bonds is 2. The molecule has 4 heteroatoms. The predicted molar refractivity (Wildman–Crippen MR) is 191 cm³/mol. The highest BCUT2D eigenvalue weighted by atomic mass is 15.0. The molecule has 0 saturated heterocycles. The van der Waals surface area contributed by atoms with Crippen LogP contribution >= 0.6 is 0 Å². The second kappa shape index (κ2) is 8.68. The molecular formula is C42H24N4. The van der Waals surface area contributed by atoms with Gasteiger partial charge in [0.1, 0.15) is 11.3 Å². The molecule has 0 aliphatic rings. The fourth-order valence-electron chi connectivity index (χ4n) is 7.79. The molecule has 46 heavy (non-hydrogen) atoms. The average molecular weight is 585 g/mol. The summed E-state index contributed by atoms with van der Waals surface area (Å²) < 4.78 is 4.68. The largest absolute Gasteiger partial charge is 0.292 e. The Bertz CT molecular complexity index is 3020. The summed E-state index contributed by atoms with van der Waals surface area (Å²) in [7, 11) is 0. The van der Waals surface area contributed by atoms with Crippen LogP contribution in [0, 0.1) is 0 Å². The fourth-order valence-corrected chi connectivity index (χ4v) is 7.79. The third-order valence-electron chi connectivity index (χ3n) is 9.82. The first-order chi connectivity index (χ1) is 22.8. The second-order valence-corrected chi connectivity index (χ2v) is 12.2. The van der Waals surface area contributed by atoms with Gasteiger partial charge in [-0.1, -0.05) is 109 Å². The second-order valence-electron chi connectivity index (χ2n) is 12.2. The van der Waals surface area contributed by atoms with Crippen LogP contribution in [0.4, 0.5) is 0 Å². The summed E-state index contributed by atoms with van der Waals surface area (Å²) >= 11 is 0. The van der Waals surface area contributed by atoms with Crippen molar-refractivity contribution in [2.75, 3.05) is 0 Å². The van der Waals surface area contributed by atoms with Crippen molar-refractivity contribution in [2.45, 2.75) is 0 Å². The number of imidazole rings is 2.